The molecule has 0 radical (unpaired) electrons. The van der Waals surface area contributed by atoms with Crippen LogP contribution in [0.25, 0.3) is 5.78 Å². The minimum Gasteiger partial charge on any atom is -0.312 e. The molecule has 3 rings (SSSR count). The maximum Gasteiger partial charge on any atom is 0.254 e. The first-order valence-electron chi connectivity index (χ1n) is 7.49. The van der Waals surface area contributed by atoms with Gasteiger partial charge in [0.15, 0.2) is 6.67 Å². The van der Waals surface area contributed by atoms with E-state index in [0.717, 1.165) is 28.8 Å². The number of nitrogens with one attached hydrogen (secondary N) is 1. The highest BCUT2D eigenvalue weighted by molar-refractivity contribution is 7.71. The minimum absolute atomic E-state index is 0.669. The van der Waals surface area contributed by atoms with Crippen molar-refractivity contribution in [1.82, 2.24) is 19.2 Å². The first-order valence-corrected chi connectivity index (χ1v) is 9.09. The van der Waals surface area contributed by atoms with E-state index in [-0.39, 0.29) is 0 Å². The van der Waals surface area contributed by atoms with Crippen LogP contribution in [0, 0.1) is 18.6 Å². The summed E-state index contributed by atoms with van der Waals surface area (Å²) < 4.78 is 5.32. The van der Waals surface area contributed by atoms with Crippen LogP contribution >= 0.6 is 35.2 Å². The number of hydrogen-bond donors (Lipinski definition) is 1. The van der Waals surface area contributed by atoms with E-state index in [9.17, 15) is 0 Å². The number of aromatic nitrogens is 4. The van der Waals surface area contributed by atoms with Crippen LogP contribution in [0.1, 0.15) is 23.2 Å². The van der Waals surface area contributed by atoms with Crippen molar-refractivity contribution in [3.05, 3.63) is 43.6 Å². The zero-order valence-electron chi connectivity index (χ0n) is 13.3. The zero-order valence-corrected chi connectivity index (χ0v) is 15.7. The topological polar surface area (TPSA) is 39.6 Å². The standard InChI is InChI=1S/C15H18ClN5S2/c1-4-19(8-12-5-6-13(16)23-12)9-20-15(22)21-11(3)7-10(2)17-14(21)18-20/h5-7H,4,8-9H2,1-3H3/p+1. The van der Waals surface area contributed by atoms with E-state index in [1.807, 2.05) is 35.1 Å². The minimum atomic E-state index is 0.669. The van der Waals surface area contributed by atoms with E-state index >= 15 is 0 Å². The molecule has 0 aliphatic rings. The Hall–Kier alpha value is -1.28. The molecule has 0 aliphatic carbocycles. The summed E-state index contributed by atoms with van der Waals surface area (Å²) in [6, 6.07) is 6.05. The fraction of sp³-hybridized carbons (Fsp3) is 0.400. The number of nitrogens with zero attached hydrogens (tertiary/aromatic N) is 4. The van der Waals surface area contributed by atoms with E-state index in [0.29, 0.717) is 17.2 Å². The highest BCUT2D eigenvalue weighted by Crippen LogP contribution is 2.20. The number of fused-ring (bicyclic) bond motifs is 1. The van der Waals surface area contributed by atoms with Crippen molar-refractivity contribution in [2.75, 3.05) is 6.54 Å². The fourth-order valence-corrected chi connectivity index (χ4v) is 4.13. The van der Waals surface area contributed by atoms with Gasteiger partial charge in [-0.3, -0.25) is 4.40 Å². The van der Waals surface area contributed by atoms with Gasteiger partial charge in [0, 0.05) is 11.4 Å². The smallest absolute Gasteiger partial charge is 0.254 e. The van der Waals surface area contributed by atoms with Crippen molar-refractivity contribution in [3.63, 3.8) is 0 Å². The van der Waals surface area contributed by atoms with Crippen molar-refractivity contribution in [2.45, 2.75) is 34.0 Å². The summed E-state index contributed by atoms with van der Waals surface area (Å²) in [6.07, 6.45) is 0. The van der Waals surface area contributed by atoms with Crippen molar-refractivity contribution in [2.24, 2.45) is 0 Å². The average Bonchev–Trinajstić information content (AvgIpc) is 3.02. The van der Waals surface area contributed by atoms with Crippen LogP contribution in [0.3, 0.4) is 0 Å². The summed E-state index contributed by atoms with van der Waals surface area (Å²) in [4.78, 5) is 7.12. The van der Waals surface area contributed by atoms with Crippen LogP contribution in [0.15, 0.2) is 18.2 Å². The number of quaternary nitrogens is 1. The number of thiophene rings is 1. The monoisotopic (exact) mass is 368 g/mol. The largest absolute Gasteiger partial charge is 0.312 e. The first-order chi connectivity index (χ1) is 11.0. The molecule has 0 amide bonds. The molecule has 8 heteroatoms. The maximum absolute atomic E-state index is 6.02. The summed E-state index contributed by atoms with van der Waals surface area (Å²) in [5, 5.41) is 4.59. The molecule has 0 spiro atoms. The van der Waals surface area contributed by atoms with Gasteiger partial charge in [-0.1, -0.05) is 11.6 Å². The van der Waals surface area contributed by atoms with E-state index in [1.165, 1.54) is 9.78 Å². The average molecular weight is 369 g/mol. The lowest BCUT2D eigenvalue weighted by Crippen LogP contribution is -3.09. The molecule has 0 bridgehead atoms. The van der Waals surface area contributed by atoms with Gasteiger partial charge in [0.25, 0.3) is 5.78 Å². The predicted molar refractivity (Wildman–Crippen MR) is 95.8 cm³/mol. The Bertz CT molecular complexity index is 895. The fourth-order valence-electron chi connectivity index (χ4n) is 2.63. The van der Waals surface area contributed by atoms with Gasteiger partial charge in [0.1, 0.15) is 6.54 Å². The molecule has 0 aliphatic heterocycles. The Kier molecular flexibility index (Phi) is 4.82. The third-order valence-electron chi connectivity index (χ3n) is 3.80. The highest BCUT2D eigenvalue weighted by atomic mass is 35.5. The van der Waals surface area contributed by atoms with Gasteiger partial charge < -0.3 is 4.90 Å². The normalized spacial score (nSPS) is 12.9. The lowest BCUT2D eigenvalue weighted by molar-refractivity contribution is -0.935. The summed E-state index contributed by atoms with van der Waals surface area (Å²) in [5.41, 5.74) is 2.02. The van der Waals surface area contributed by atoms with Crippen LogP contribution in [-0.4, -0.2) is 25.7 Å². The summed E-state index contributed by atoms with van der Waals surface area (Å²) in [6.45, 7) is 8.77. The van der Waals surface area contributed by atoms with E-state index in [2.05, 4.69) is 23.1 Å². The lowest BCUT2D eigenvalue weighted by atomic mass is 10.3. The van der Waals surface area contributed by atoms with E-state index in [1.54, 1.807) is 11.3 Å². The third-order valence-corrected chi connectivity index (χ3v) is 5.42. The summed E-state index contributed by atoms with van der Waals surface area (Å²) in [7, 11) is 0. The lowest BCUT2D eigenvalue weighted by Gasteiger charge is -2.16. The Labute approximate surface area is 149 Å². The molecule has 1 atom stereocenters. The maximum atomic E-state index is 6.02. The molecule has 1 unspecified atom stereocenters. The Morgan fingerprint density at radius 2 is 2.13 bits per heavy atom. The predicted octanol–water partition coefficient (Wildman–Crippen LogP) is 2.65. The Morgan fingerprint density at radius 1 is 1.35 bits per heavy atom. The second kappa shape index (κ2) is 6.68. The molecule has 122 valence electrons. The second-order valence-corrected chi connectivity index (χ2v) is 7.77. The van der Waals surface area contributed by atoms with E-state index in [4.69, 9.17) is 23.8 Å². The Morgan fingerprint density at radius 3 is 2.78 bits per heavy atom. The van der Waals surface area contributed by atoms with Gasteiger partial charge >= 0.3 is 0 Å². The zero-order chi connectivity index (χ0) is 16.6. The first kappa shape index (κ1) is 16.6. The number of halogens is 1. The molecule has 0 saturated carbocycles. The van der Waals surface area contributed by atoms with Gasteiger partial charge in [-0.25, -0.2) is 4.98 Å². The van der Waals surface area contributed by atoms with Gasteiger partial charge in [0.2, 0.25) is 4.77 Å². The highest BCUT2D eigenvalue weighted by Gasteiger charge is 2.14. The van der Waals surface area contributed by atoms with Crippen molar-refractivity contribution < 1.29 is 4.90 Å². The van der Waals surface area contributed by atoms with Crippen molar-refractivity contribution >= 4 is 40.9 Å². The molecule has 3 heterocycles. The van der Waals surface area contributed by atoms with Crippen LogP contribution < -0.4 is 4.90 Å². The van der Waals surface area contributed by atoms with Crippen LogP contribution in [0.5, 0.6) is 0 Å². The van der Waals surface area contributed by atoms with Crippen molar-refractivity contribution in [3.8, 4) is 0 Å². The van der Waals surface area contributed by atoms with Crippen LogP contribution in [0.4, 0.5) is 0 Å². The molecule has 0 fully saturated rings. The molecule has 0 saturated heterocycles. The number of aryl methyl sites for hydroxylation is 2. The van der Waals surface area contributed by atoms with Crippen molar-refractivity contribution in [1.29, 1.82) is 0 Å². The van der Waals surface area contributed by atoms with Crippen LogP contribution in [0.2, 0.25) is 4.34 Å². The summed E-state index contributed by atoms with van der Waals surface area (Å²) in [5.74, 6) is 0.669. The van der Waals surface area contributed by atoms with E-state index < -0.39 is 0 Å². The molecule has 5 nitrogen and oxygen atoms in total. The summed E-state index contributed by atoms with van der Waals surface area (Å²) >= 11 is 13.2. The SMILES string of the molecule is CC[NH+](Cc1ccc(Cl)s1)Cn1nc2nc(C)cc(C)n2c1=S. The molecule has 0 aromatic carbocycles. The number of hydrogen-bond acceptors (Lipinski definition) is 4. The quantitative estimate of drug-likeness (QED) is 0.704. The molecule has 1 N–H and O–H groups in total. The molecule has 23 heavy (non-hydrogen) atoms. The molecular formula is C15H19ClN5S2+. The second-order valence-electron chi connectivity index (χ2n) is 5.60. The van der Waals surface area contributed by atoms with Gasteiger partial charge in [-0.05, 0) is 51.2 Å². The van der Waals surface area contributed by atoms with Gasteiger partial charge in [-0.15, -0.1) is 16.4 Å². The van der Waals surface area contributed by atoms with Gasteiger partial charge in [-0.2, -0.15) is 4.68 Å². The molecule has 3 aromatic heterocycles. The third kappa shape index (κ3) is 3.47. The molecular weight excluding hydrogens is 350 g/mol. The van der Waals surface area contributed by atoms with Gasteiger partial charge in [0.05, 0.1) is 15.8 Å². The molecule has 3 aromatic rings. The number of rotatable bonds is 5. The Balaban J connectivity index is 1.89. The van der Waals surface area contributed by atoms with Crippen LogP contribution in [-0.2, 0) is 13.2 Å².